The standard InChI is InChI=1S/C18H25N5O2/c1-4-5-23-12-15(11-16(23)24)17(25)21-6-8-22(9-7-21)18-19-13(2)10-14(3)20-18/h4,10,15H,1,5-9,11-12H2,2-3H3/t15-/m1/s1. The van der Waals surface area contributed by atoms with Gasteiger partial charge in [0.05, 0.1) is 5.92 Å². The molecule has 1 aromatic heterocycles. The van der Waals surface area contributed by atoms with Crippen LogP contribution in [-0.4, -0.2) is 70.9 Å². The van der Waals surface area contributed by atoms with Gasteiger partial charge in [-0.2, -0.15) is 0 Å². The summed E-state index contributed by atoms with van der Waals surface area (Å²) in [5.74, 6) is 0.635. The zero-order valence-corrected chi connectivity index (χ0v) is 14.9. The van der Waals surface area contributed by atoms with Crippen LogP contribution < -0.4 is 4.90 Å². The van der Waals surface area contributed by atoms with Crippen LogP contribution in [0.25, 0.3) is 0 Å². The highest BCUT2D eigenvalue weighted by Crippen LogP contribution is 2.21. The van der Waals surface area contributed by atoms with Gasteiger partial charge in [-0.25, -0.2) is 9.97 Å². The van der Waals surface area contributed by atoms with Gasteiger partial charge in [0, 0.05) is 57.1 Å². The zero-order chi connectivity index (χ0) is 18.0. The third-order valence-electron chi connectivity index (χ3n) is 4.76. The lowest BCUT2D eigenvalue weighted by molar-refractivity contribution is -0.136. The van der Waals surface area contributed by atoms with Crippen molar-refractivity contribution in [1.29, 1.82) is 0 Å². The van der Waals surface area contributed by atoms with E-state index in [1.807, 2.05) is 24.8 Å². The van der Waals surface area contributed by atoms with Gasteiger partial charge in [-0.1, -0.05) is 6.08 Å². The van der Waals surface area contributed by atoms with Gasteiger partial charge in [0.15, 0.2) is 0 Å². The first-order valence-corrected chi connectivity index (χ1v) is 8.72. The molecule has 25 heavy (non-hydrogen) atoms. The Bertz CT molecular complexity index is 662. The van der Waals surface area contributed by atoms with Gasteiger partial charge in [-0.15, -0.1) is 6.58 Å². The van der Waals surface area contributed by atoms with E-state index in [1.165, 1.54) is 0 Å². The molecule has 2 fully saturated rings. The summed E-state index contributed by atoms with van der Waals surface area (Å²) in [6, 6.07) is 1.95. The van der Waals surface area contributed by atoms with E-state index in [4.69, 9.17) is 0 Å². The maximum Gasteiger partial charge on any atom is 0.228 e. The quantitative estimate of drug-likeness (QED) is 0.756. The van der Waals surface area contributed by atoms with Crippen LogP contribution in [0.15, 0.2) is 18.7 Å². The maximum atomic E-state index is 12.7. The summed E-state index contributed by atoms with van der Waals surface area (Å²) >= 11 is 0. The van der Waals surface area contributed by atoms with E-state index < -0.39 is 0 Å². The van der Waals surface area contributed by atoms with E-state index in [9.17, 15) is 9.59 Å². The molecule has 2 aliphatic heterocycles. The van der Waals surface area contributed by atoms with E-state index in [-0.39, 0.29) is 17.7 Å². The molecule has 0 radical (unpaired) electrons. The highest BCUT2D eigenvalue weighted by molar-refractivity contribution is 5.89. The fraction of sp³-hybridized carbons (Fsp3) is 0.556. The molecule has 0 saturated carbocycles. The highest BCUT2D eigenvalue weighted by Gasteiger charge is 2.36. The van der Waals surface area contributed by atoms with Crippen molar-refractivity contribution in [2.24, 2.45) is 5.92 Å². The Morgan fingerprint density at radius 3 is 2.48 bits per heavy atom. The summed E-state index contributed by atoms with van der Waals surface area (Å²) < 4.78 is 0. The van der Waals surface area contributed by atoms with Crippen molar-refractivity contribution in [2.45, 2.75) is 20.3 Å². The molecule has 7 nitrogen and oxygen atoms in total. The second kappa shape index (κ2) is 7.21. The van der Waals surface area contributed by atoms with Crippen molar-refractivity contribution < 1.29 is 9.59 Å². The van der Waals surface area contributed by atoms with Gasteiger partial charge in [-0.3, -0.25) is 9.59 Å². The topological polar surface area (TPSA) is 69.6 Å². The summed E-state index contributed by atoms with van der Waals surface area (Å²) in [6.45, 7) is 11.3. The lowest BCUT2D eigenvalue weighted by Gasteiger charge is -2.36. The van der Waals surface area contributed by atoms with Crippen LogP contribution in [0.3, 0.4) is 0 Å². The molecule has 0 bridgehead atoms. The molecule has 134 valence electrons. The lowest BCUT2D eigenvalue weighted by Crippen LogP contribution is -2.51. The summed E-state index contributed by atoms with van der Waals surface area (Å²) in [7, 11) is 0. The first-order valence-electron chi connectivity index (χ1n) is 8.72. The number of hydrogen-bond acceptors (Lipinski definition) is 5. The second-order valence-electron chi connectivity index (χ2n) is 6.75. The minimum Gasteiger partial charge on any atom is -0.339 e. The molecule has 2 saturated heterocycles. The molecule has 0 aromatic carbocycles. The van der Waals surface area contributed by atoms with Gasteiger partial charge in [0.2, 0.25) is 17.8 Å². The van der Waals surface area contributed by atoms with Gasteiger partial charge >= 0.3 is 0 Å². The number of carbonyl (C=O) groups is 2. The summed E-state index contributed by atoms with van der Waals surface area (Å²) in [6.07, 6.45) is 2.01. The summed E-state index contributed by atoms with van der Waals surface area (Å²) in [5.41, 5.74) is 1.90. The lowest BCUT2D eigenvalue weighted by atomic mass is 10.1. The second-order valence-corrected chi connectivity index (χ2v) is 6.75. The first-order chi connectivity index (χ1) is 12.0. The number of carbonyl (C=O) groups excluding carboxylic acids is 2. The number of aromatic nitrogens is 2. The number of nitrogens with zero attached hydrogens (tertiary/aromatic N) is 5. The Balaban J connectivity index is 1.58. The molecule has 2 aliphatic rings. The molecule has 3 rings (SSSR count). The van der Waals surface area contributed by atoms with Crippen LogP contribution in [0.5, 0.6) is 0 Å². The van der Waals surface area contributed by atoms with E-state index in [2.05, 4.69) is 21.4 Å². The van der Waals surface area contributed by atoms with E-state index in [0.717, 1.165) is 17.3 Å². The summed E-state index contributed by atoms with van der Waals surface area (Å²) in [4.78, 5) is 39.3. The molecule has 1 aromatic rings. The molecule has 0 unspecified atom stereocenters. The molecular formula is C18H25N5O2. The van der Waals surface area contributed by atoms with Crippen molar-refractivity contribution in [3.8, 4) is 0 Å². The van der Waals surface area contributed by atoms with Gasteiger partial charge in [0.25, 0.3) is 0 Å². The maximum absolute atomic E-state index is 12.7. The van der Waals surface area contributed by atoms with E-state index >= 15 is 0 Å². The minimum atomic E-state index is -0.225. The molecule has 3 heterocycles. The van der Waals surface area contributed by atoms with Gasteiger partial charge < -0.3 is 14.7 Å². The number of amides is 2. The fourth-order valence-electron chi connectivity index (χ4n) is 3.50. The van der Waals surface area contributed by atoms with Crippen LogP contribution >= 0.6 is 0 Å². The number of likely N-dealkylation sites (tertiary alicyclic amines) is 1. The Morgan fingerprint density at radius 2 is 1.88 bits per heavy atom. The average molecular weight is 343 g/mol. The third-order valence-corrected chi connectivity index (χ3v) is 4.76. The zero-order valence-electron chi connectivity index (χ0n) is 14.9. The Hall–Kier alpha value is -2.44. The van der Waals surface area contributed by atoms with E-state index in [1.54, 1.807) is 11.0 Å². The molecule has 0 N–H and O–H groups in total. The van der Waals surface area contributed by atoms with E-state index in [0.29, 0.717) is 45.7 Å². The number of rotatable bonds is 4. The Kier molecular flexibility index (Phi) is 5.01. The molecule has 0 aliphatic carbocycles. The largest absolute Gasteiger partial charge is 0.339 e. The first kappa shape index (κ1) is 17.4. The minimum absolute atomic E-state index is 0.0421. The van der Waals surface area contributed by atoms with Crippen molar-refractivity contribution in [3.05, 3.63) is 30.1 Å². The third kappa shape index (κ3) is 3.81. The number of piperazine rings is 1. The average Bonchev–Trinajstić information content (AvgIpc) is 2.95. The smallest absolute Gasteiger partial charge is 0.228 e. The number of aryl methyl sites for hydroxylation is 2. The van der Waals surface area contributed by atoms with Crippen molar-refractivity contribution in [2.75, 3.05) is 44.2 Å². The molecule has 1 atom stereocenters. The van der Waals surface area contributed by atoms with Crippen molar-refractivity contribution >= 4 is 17.8 Å². The van der Waals surface area contributed by atoms with Crippen LogP contribution in [0.2, 0.25) is 0 Å². The summed E-state index contributed by atoms with van der Waals surface area (Å²) in [5, 5.41) is 0. The van der Waals surface area contributed by atoms with Crippen LogP contribution in [-0.2, 0) is 9.59 Å². The van der Waals surface area contributed by atoms with Crippen molar-refractivity contribution in [1.82, 2.24) is 19.8 Å². The fourth-order valence-corrected chi connectivity index (χ4v) is 3.50. The van der Waals surface area contributed by atoms with Crippen LogP contribution in [0.1, 0.15) is 17.8 Å². The van der Waals surface area contributed by atoms with Gasteiger partial charge in [0.1, 0.15) is 0 Å². The Morgan fingerprint density at radius 1 is 1.24 bits per heavy atom. The van der Waals surface area contributed by atoms with Crippen LogP contribution in [0.4, 0.5) is 5.95 Å². The normalized spacial score (nSPS) is 21.0. The van der Waals surface area contributed by atoms with Crippen molar-refractivity contribution in [3.63, 3.8) is 0 Å². The predicted molar refractivity (Wildman–Crippen MR) is 95.2 cm³/mol. The van der Waals surface area contributed by atoms with Crippen LogP contribution in [0, 0.1) is 19.8 Å². The number of hydrogen-bond donors (Lipinski definition) is 0. The van der Waals surface area contributed by atoms with Gasteiger partial charge in [-0.05, 0) is 19.9 Å². The predicted octanol–water partition coefficient (Wildman–Crippen LogP) is 0.777. The number of anilines is 1. The SMILES string of the molecule is C=CCN1C[C@H](C(=O)N2CCN(c3nc(C)cc(C)n3)CC2)CC1=O. The molecule has 7 heteroatoms. The Labute approximate surface area is 148 Å². The monoisotopic (exact) mass is 343 g/mol. The molecule has 0 spiro atoms. The highest BCUT2D eigenvalue weighted by atomic mass is 16.2. The molecule has 2 amide bonds. The molecular weight excluding hydrogens is 318 g/mol.